The number of para-hydroxylation sites is 1. The minimum atomic E-state index is -0.388. The molecule has 0 saturated heterocycles. The number of hydrogen-bond donors (Lipinski definition) is 2. The maximum absolute atomic E-state index is 12.8. The van der Waals surface area contributed by atoms with E-state index in [1.165, 1.54) is 30.6 Å². The number of nitrogens with one attached hydrogen (secondary N) is 2. The van der Waals surface area contributed by atoms with Crippen molar-refractivity contribution in [2.75, 3.05) is 5.43 Å². The van der Waals surface area contributed by atoms with Crippen LogP contribution in [0.3, 0.4) is 0 Å². The fourth-order valence-corrected chi connectivity index (χ4v) is 1.89. The highest BCUT2D eigenvalue weighted by Gasteiger charge is 2.07. The Morgan fingerprint density at radius 2 is 1.76 bits per heavy atom. The van der Waals surface area contributed by atoms with Gasteiger partial charge in [-0.15, -0.1) is 0 Å². The Balaban J connectivity index is 1.77. The summed E-state index contributed by atoms with van der Waals surface area (Å²) in [6, 6.07) is 12.7. The first kappa shape index (κ1) is 13.0. The van der Waals surface area contributed by atoms with Gasteiger partial charge in [0.1, 0.15) is 12.1 Å². The van der Waals surface area contributed by atoms with Gasteiger partial charge in [-0.25, -0.2) is 14.4 Å². The van der Waals surface area contributed by atoms with Gasteiger partial charge in [-0.3, -0.25) is 15.6 Å². The first-order valence-corrected chi connectivity index (χ1v) is 6.26. The van der Waals surface area contributed by atoms with Gasteiger partial charge in [-0.05, 0) is 36.4 Å². The third-order valence-corrected chi connectivity index (χ3v) is 2.94. The van der Waals surface area contributed by atoms with Crippen LogP contribution in [-0.2, 0) is 0 Å². The molecule has 0 radical (unpaired) electrons. The van der Waals surface area contributed by atoms with Gasteiger partial charge in [0, 0.05) is 10.9 Å². The van der Waals surface area contributed by atoms with E-state index in [0.29, 0.717) is 11.4 Å². The van der Waals surface area contributed by atoms with Crippen LogP contribution in [0.15, 0.2) is 54.9 Å². The molecule has 1 aromatic heterocycles. The number of halogens is 1. The Morgan fingerprint density at radius 3 is 2.57 bits per heavy atom. The fourth-order valence-electron chi connectivity index (χ4n) is 1.89. The summed E-state index contributed by atoms with van der Waals surface area (Å²) in [7, 11) is 0. The second kappa shape index (κ2) is 5.54. The molecule has 0 atom stereocenters. The molecule has 21 heavy (non-hydrogen) atoms. The second-order valence-corrected chi connectivity index (χ2v) is 4.33. The number of nitrogens with zero attached hydrogens (tertiary/aromatic N) is 2. The molecule has 5 nitrogen and oxygen atoms in total. The molecule has 104 valence electrons. The van der Waals surface area contributed by atoms with Crippen molar-refractivity contribution in [2.24, 2.45) is 0 Å². The largest absolute Gasteiger partial charge is 0.281 e. The number of amides is 1. The zero-order valence-electron chi connectivity index (χ0n) is 10.9. The minimum absolute atomic E-state index is 0.349. The van der Waals surface area contributed by atoms with Crippen LogP contribution in [0.4, 0.5) is 10.2 Å². The molecule has 0 spiro atoms. The Kier molecular flexibility index (Phi) is 3.42. The molecule has 2 N–H and O–H groups in total. The molecule has 2 aromatic carbocycles. The number of carbonyl (C=O) groups is 1. The Hall–Kier alpha value is -3.02. The summed E-state index contributed by atoms with van der Waals surface area (Å²) in [5, 5.41) is 0.791. The third kappa shape index (κ3) is 2.79. The van der Waals surface area contributed by atoms with Gasteiger partial charge < -0.3 is 0 Å². The SMILES string of the molecule is O=C(NNc1ncnc2ccccc12)c1ccc(F)cc1. The number of aromatic nitrogens is 2. The summed E-state index contributed by atoms with van der Waals surface area (Å²) < 4.78 is 12.8. The zero-order chi connectivity index (χ0) is 14.7. The average Bonchev–Trinajstić information content (AvgIpc) is 2.53. The molecule has 0 aliphatic rings. The van der Waals surface area contributed by atoms with Crippen LogP contribution in [0.1, 0.15) is 10.4 Å². The zero-order valence-corrected chi connectivity index (χ0v) is 10.9. The van der Waals surface area contributed by atoms with Crippen LogP contribution in [0.25, 0.3) is 10.9 Å². The van der Waals surface area contributed by atoms with Crippen molar-refractivity contribution in [2.45, 2.75) is 0 Å². The quantitative estimate of drug-likeness (QED) is 0.724. The topological polar surface area (TPSA) is 66.9 Å². The van der Waals surface area contributed by atoms with Gasteiger partial charge >= 0.3 is 0 Å². The van der Waals surface area contributed by atoms with Gasteiger partial charge in [0.05, 0.1) is 5.52 Å². The molecular weight excluding hydrogens is 271 g/mol. The monoisotopic (exact) mass is 282 g/mol. The highest BCUT2D eigenvalue weighted by molar-refractivity contribution is 5.96. The number of hydrazine groups is 1. The number of hydrogen-bond acceptors (Lipinski definition) is 4. The van der Waals surface area contributed by atoms with Gasteiger partial charge in [-0.2, -0.15) is 0 Å². The number of fused-ring (bicyclic) bond motifs is 1. The van der Waals surface area contributed by atoms with Crippen LogP contribution < -0.4 is 10.9 Å². The molecule has 3 rings (SSSR count). The molecule has 0 fully saturated rings. The predicted octanol–water partition coefficient (Wildman–Crippen LogP) is 2.53. The highest BCUT2D eigenvalue weighted by atomic mass is 19.1. The average molecular weight is 282 g/mol. The van der Waals surface area contributed by atoms with Crippen molar-refractivity contribution in [3.05, 3.63) is 66.2 Å². The van der Waals surface area contributed by atoms with Crippen molar-refractivity contribution >= 4 is 22.6 Å². The van der Waals surface area contributed by atoms with E-state index in [2.05, 4.69) is 20.8 Å². The Labute approximate surface area is 119 Å². The van der Waals surface area contributed by atoms with Crippen molar-refractivity contribution in [3.8, 4) is 0 Å². The van der Waals surface area contributed by atoms with Crippen LogP contribution in [0.5, 0.6) is 0 Å². The highest BCUT2D eigenvalue weighted by Crippen LogP contribution is 2.17. The van der Waals surface area contributed by atoms with E-state index in [4.69, 9.17) is 0 Å². The molecular formula is C15H11FN4O. The lowest BCUT2D eigenvalue weighted by Gasteiger charge is -2.09. The molecule has 1 amide bonds. The number of carbonyl (C=O) groups excluding carboxylic acids is 1. The molecule has 1 heterocycles. The Bertz CT molecular complexity index is 784. The van der Waals surface area contributed by atoms with E-state index in [-0.39, 0.29) is 11.7 Å². The van der Waals surface area contributed by atoms with E-state index >= 15 is 0 Å². The number of rotatable bonds is 3. The number of anilines is 1. The summed E-state index contributed by atoms with van der Waals surface area (Å²) in [6.07, 6.45) is 1.41. The van der Waals surface area contributed by atoms with Gasteiger partial charge in [-0.1, -0.05) is 12.1 Å². The number of benzene rings is 2. The van der Waals surface area contributed by atoms with Crippen molar-refractivity contribution < 1.29 is 9.18 Å². The summed E-state index contributed by atoms with van der Waals surface area (Å²) >= 11 is 0. The van der Waals surface area contributed by atoms with Crippen molar-refractivity contribution in [1.29, 1.82) is 0 Å². The normalized spacial score (nSPS) is 10.3. The first-order valence-electron chi connectivity index (χ1n) is 6.26. The van der Waals surface area contributed by atoms with Crippen molar-refractivity contribution in [1.82, 2.24) is 15.4 Å². The van der Waals surface area contributed by atoms with Crippen LogP contribution >= 0.6 is 0 Å². The molecule has 3 aromatic rings. The minimum Gasteiger partial charge on any atom is -0.281 e. The molecule has 0 aliphatic carbocycles. The van der Waals surface area contributed by atoms with Gasteiger partial charge in [0.15, 0.2) is 5.82 Å². The third-order valence-electron chi connectivity index (χ3n) is 2.94. The van der Waals surface area contributed by atoms with E-state index in [1.54, 1.807) is 0 Å². The lowest BCUT2D eigenvalue weighted by molar-refractivity contribution is 0.0962. The fraction of sp³-hybridized carbons (Fsp3) is 0. The standard InChI is InChI=1S/C15H11FN4O/c16-11-7-5-10(6-8-11)15(21)20-19-14-12-3-1-2-4-13(12)17-9-18-14/h1-9H,(H,20,21)(H,17,18,19). The Morgan fingerprint density at radius 1 is 1.00 bits per heavy atom. The second-order valence-electron chi connectivity index (χ2n) is 4.33. The smallest absolute Gasteiger partial charge is 0.269 e. The lowest BCUT2D eigenvalue weighted by atomic mass is 10.2. The van der Waals surface area contributed by atoms with Crippen LogP contribution in [0, 0.1) is 5.82 Å². The molecule has 6 heteroatoms. The summed E-state index contributed by atoms with van der Waals surface area (Å²) in [4.78, 5) is 20.1. The van der Waals surface area contributed by atoms with Gasteiger partial charge in [0.2, 0.25) is 0 Å². The van der Waals surface area contributed by atoms with E-state index < -0.39 is 0 Å². The van der Waals surface area contributed by atoms with E-state index in [9.17, 15) is 9.18 Å². The molecule has 0 saturated carbocycles. The van der Waals surface area contributed by atoms with E-state index in [1.807, 2.05) is 24.3 Å². The van der Waals surface area contributed by atoms with E-state index in [0.717, 1.165) is 10.9 Å². The molecule has 0 aliphatic heterocycles. The first-order chi connectivity index (χ1) is 10.2. The predicted molar refractivity (Wildman–Crippen MR) is 77.0 cm³/mol. The maximum Gasteiger partial charge on any atom is 0.269 e. The molecule has 0 bridgehead atoms. The lowest BCUT2D eigenvalue weighted by Crippen LogP contribution is -2.29. The van der Waals surface area contributed by atoms with Crippen LogP contribution in [-0.4, -0.2) is 15.9 Å². The van der Waals surface area contributed by atoms with Crippen LogP contribution in [0.2, 0.25) is 0 Å². The maximum atomic E-state index is 12.8. The van der Waals surface area contributed by atoms with Gasteiger partial charge in [0.25, 0.3) is 5.91 Å². The molecule has 0 unspecified atom stereocenters. The summed E-state index contributed by atoms with van der Waals surface area (Å²) in [6.45, 7) is 0. The van der Waals surface area contributed by atoms with Crippen molar-refractivity contribution in [3.63, 3.8) is 0 Å². The summed E-state index contributed by atoms with van der Waals surface area (Å²) in [5.41, 5.74) is 6.40. The summed E-state index contributed by atoms with van der Waals surface area (Å²) in [5.74, 6) is -0.268.